The van der Waals surface area contributed by atoms with Gasteiger partial charge in [-0.3, -0.25) is 9.30 Å². The summed E-state index contributed by atoms with van der Waals surface area (Å²) in [5, 5.41) is 0. The van der Waals surface area contributed by atoms with Gasteiger partial charge in [0.15, 0.2) is 5.82 Å². The summed E-state index contributed by atoms with van der Waals surface area (Å²) in [6, 6.07) is 5.15. The highest BCUT2D eigenvalue weighted by Crippen LogP contribution is 2.25. The highest BCUT2D eigenvalue weighted by Gasteiger charge is 2.28. The van der Waals surface area contributed by atoms with Crippen LogP contribution in [0.25, 0.3) is 17.2 Å². The summed E-state index contributed by atoms with van der Waals surface area (Å²) >= 11 is 0. The van der Waals surface area contributed by atoms with Crippen molar-refractivity contribution in [3.05, 3.63) is 47.8 Å². The Hall–Kier alpha value is -3.11. The number of carbonyl (C=O) groups is 1. The molecule has 1 atom stereocenters. The Morgan fingerprint density at radius 2 is 1.95 bits per heavy atom. The summed E-state index contributed by atoms with van der Waals surface area (Å²) < 4.78 is 26.9. The molecule has 0 saturated carbocycles. The average Bonchev–Trinajstić information content (AvgIpc) is 3.31. The van der Waals surface area contributed by atoms with Crippen LogP contribution in [-0.4, -0.2) is 86.8 Å². The third-order valence-electron chi connectivity index (χ3n) is 7.21. The molecular weight excluding hydrogens is 499 g/mol. The topological polar surface area (TPSA) is 85.1 Å². The Morgan fingerprint density at radius 3 is 2.74 bits per heavy atom. The Labute approximate surface area is 229 Å². The van der Waals surface area contributed by atoms with Gasteiger partial charge in [0.1, 0.15) is 22.8 Å². The van der Waals surface area contributed by atoms with Crippen LogP contribution >= 0.6 is 0 Å². The van der Waals surface area contributed by atoms with E-state index < -0.39 is 5.60 Å². The van der Waals surface area contributed by atoms with E-state index in [0.29, 0.717) is 30.3 Å². The summed E-state index contributed by atoms with van der Waals surface area (Å²) in [4.78, 5) is 31.2. The minimum absolute atomic E-state index is 0.257. The highest BCUT2D eigenvalue weighted by molar-refractivity contribution is 5.68. The van der Waals surface area contributed by atoms with E-state index in [-0.39, 0.29) is 17.8 Å². The number of aryl methyl sites for hydroxylation is 1. The fraction of sp³-hybridized carbons (Fsp3) is 0.586. The number of nitrogens with zero attached hydrogens (tertiary/aromatic N) is 6. The zero-order valence-electron chi connectivity index (χ0n) is 23.2. The van der Waals surface area contributed by atoms with E-state index in [1.807, 2.05) is 25.7 Å². The molecule has 0 spiro atoms. The monoisotopic (exact) mass is 538 g/mol. The maximum absolute atomic E-state index is 14.1. The van der Waals surface area contributed by atoms with Crippen LogP contribution in [0.2, 0.25) is 0 Å². The van der Waals surface area contributed by atoms with Crippen molar-refractivity contribution < 1.29 is 18.7 Å². The Bertz CT molecular complexity index is 1280. The van der Waals surface area contributed by atoms with E-state index in [1.54, 1.807) is 16.7 Å². The predicted molar refractivity (Wildman–Crippen MR) is 146 cm³/mol. The normalized spacial score (nSPS) is 19.0. The molecule has 0 aliphatic carbocycles. The maximum Gasteiger partial charge on any atom is 0.410 e. The molecule has 3 aromatic heterocycles. The zero-order valence-corrected chi connectivity index (χ0v) is 23.2. The van der Waals surface area contributed by atoms with Crippen LogP contribution in [0.4, 0.5) is 9.18 Å². The molecule has 3 aromatic rings. The molecule has 0 radical (unpaired) electrons. The number of ether oxygens (including phenoxy) is 2. The van der Waals surface area contributed by atoms with Crippen molar-refractivity contribution in [3.63, 3.8) is 0 Å². The van der Waals surface area contributed by atoms with Crippen LogP contribution in [0.15, 0.2) is 30.6 Å². The van der Waals surface area contributed by atoms with Crippen molar-refractivity contribution in [2.24, 2.45) is 5.92 Å². The van der Waals surface area contributed by atoms with Gasteiger partial charge in [-0.1, -0.05) is 0 Å². The summed E-state index contributed by atoms with van der Waals surface area (Å²) in [6.45, 7) is 11.5. The van der Waals surface area contributed by atoms with E-state index in [2.05, 4.69) is 16.0 Å². The quantitative estimate of drug-likeness (QED) is 0.441. The molecule has 0 bridgehead atoms. The number of morpholine rings is 1. The highest BCUT2D eigenvalue weighted by atomic mass is 19.1. The molecule has 9 nitrogen and oxygen atoms in total. The number of halogens is 1. The van der Waals surface area contributed by atoms with Crippen LogP contribution < -0.4 is 0 Å². The molecule has 39 heavy (non-hydrogen) atoms. The van der Waals surface area contributed by atoms with E-state index in [9.17, 15) is 9.18 Å². The fourth-order valence-corrected chi connectivity index (χ4v) is 5.35. The van der Waals surface area contributed by atoms with E-state index >= 15 is 0 Å². The molecular formula is C29H39FN6O3. The Kier molecular flexibility index (Phi) is 8.42. The SMILES string of the molecule is CC(C)(C)OC(=O)N1CCC[C@@H](Cc2cc(CCCN3CCOCC3)nc(-c3cnc4ccc(F)cn34)n2)C1. The number of imidazole rings is 1. The molecule has 210 valence electrons. The molecule has 5 rings (SSSR count). The minimum Gasteiger partial charge on any atom is -0.444 e. The number of amides is 1. The lowest BCUT2D eigenvalue weighted by molar-refractivity contribution is 0.0165. The molecule has 5 heterocycles. The van der Waals surface area contributed by atoms with Gasteiger partial charge in [-0.25, -0.2) is 24.1 Å². The van der Waals surface area contributed by atoms with Gasteiger partial charge in [-0.2, -0.15) is 0 Å². The number of likely N-dealkylation sites (tertiary alicyclic amines) is 1. The lowest BCUT2D eigenvalue weighted by atomic mass is 9.93. The van der Waals surface area contributed by atoms with Gasteiger partial charge in [-0.05, 0) is 83.5 Å². The molecule has 0 aromatic carbocycles. The minimum atomic E-state index is -0.519. The molecule has 2 saturated heterocycles. The van der Waals surface area contributed by atoms with Crippen molar-refractivity contribution in [2.45, 2.75) is 58.5 Å². The third kappa shape index (κ3) is 7.30. The van der Waals surface area contributed by atoms with Gasteiger partial charge >= 0.3 is 6.09 Å². The number of carbonyl (C=O) groups excluding carboxylic acids is 1. The summed E-state index contributed by atoms with van der Waals surface area (Å²) in [7, 11) is 0. The fourth-order valence-electron chi connectivity index (χ4n) is 5.35. The average molecular weight is 539 g/mol. The maximum atomic E-state index is 14.1. The first-order valence-electron chi connectivity index (χ1n) is 14.0. The third-order valence-corrected chi connectivity index (χ3v) is 7.21. The first kappa shape index (κ1) is 27.5. The zero-order chi connectivity index (χ0) is 27.4. The second-order valence-electron chi connectivity index (χ2n) is 11.6. The standard InChI is InChI=1S/C29H39FN6O3/c1-29(2,3)39-28(37)35-11-4-6-21(19-35)16-24-17-23(7-5-10-34-12-14-38-15-13-34)32-27(33-24)25-18-31-26-9-8-22(30)20-36(25)26/h8-9,17-18,20-21H,4-7,10-16,19H2,1-3H3/t21-/m0/s1. The van der Waals surface area contributed by atoms with Gasteiger partial charge in [0.25, 0.3) is 0 Å². The van der Waals surface area contributed by atoms with Crippen LogP contribution in [0.5, 0.6) is 0 Å². The molecule has 1 amide bonds. The van der Waals surface area contributed by atoms with Gasteiger partial charge in [0.2, 0.25) is 0 Å². The number of rotatable bonds is 7. The molecule has 2 fully saturated rings. The summed E-state index contributed by atoms with van der Waals surface area (Å²) in [5.41, 5.74) is 2.70. The Balaban J connectivity index is 1.36. The van der Waals surface area contributed by atoms with E-state index in [1.165, 1.54) is 12.3 Å². The summed E-state index contributed by atoms with van der Waals surface area (Å²) in [6.07, 6.45) is 7.35. The molecule has 2 aliphatic heterocycles. The van der Waals surface area contributed by atoms with Gasteiger partial charge in [0, 0.05) is 43.8 Å². The second kappa shape index (κ2) is 12.0. The van der Waals surface area contributed by atoms with Crippen LogP contribution in [0.3, 0.4) is 0 Å². The molecule has 0 unspecified atom stereocenters. The molecule has 0 N–H and O–H groups in total. The predicted octanol–water partition coefficient (Wildman–Crippen LogP) is 4.38. The molecule has 10 heteroatoms. The summed E-state index contributed by atoms with van der Waals surface area (Å²) in [5.74, 6) is 0.481. The second-order valence-corrected chi connectivity index (χ2v) is 11.6. The number of aromatic nitrogens is 4. The van der Waals surface area contributed by atoms with Crippen molar-refractivity contribution in [1.82, 2.24) is 29.2 Å². The van der Waals surface area contributed by atoms with E-state index in [4.69, 9.17) is 19.4 Å². The van der Waals surface area contributed by atoms with Crippen molar-refractivity contribution in [1.29, 1.82) is 0 Å². The first-order chi connectivity index (χ1) is 18.7. The van der Waals surface area contributed by atoms with Crippen LogP contribution in [-0.2, 0) is 22.3 Å². The lowest BCUT2D eigenvalue weighted by Crippen LogP contribution is -2.43. The van der Waals surface area contributed by atoms with Crippen molar-refractivity contribution >= 4 is 11.7 Å². The van der Waals surface area contributed by atoms with Crippen LogP contribution in [0.1, 0.15) is 51.4 Å². The number of piperidine rings is 1. The number of fused-ring (bicyclic) bond motifs is 1. The Morgan fingerprint density at radius 1 is 1.15 bits per heavy atom. The van der Waals surface area contributed by atoms with Gasteiger partial charge in [-0.15, -0.1) is 0 Å². The van der Waals surface area contributed by atoms with E-state index in [0.717, 1.165) is 76.3 Å². The first-order valence-corrected chi connectivity index (χ1v) is 14.0. The smallest absolute Gasteiger partial charge is 0.410 e. The largest absolute Gasteiger partial charge is 0.444 e. The van der Waals surface area contributed by atoms with Crippen molar-refractivity contribution in [2.75, 3.05) is 45.9 Å². The van der Waals surface area contributed by atoms with Gasteiger partial charge < -0.3 is 14.4 Å². The van der Waals surface area contributed by atoms with Crippen molar-refractivity contribution in [3.8, 4) is 11.5 Å². The number of pyridine rings is 1. The van der Waals surface area contributed by atoms with Crippen LogP contribution in [0, 0.1) is 11.7 Å². The molecule has 2 aliphatic rings. The number of hydrogen-bond donors (Lipinski definition) is 0. The lowest BCUT2D eigenvalue weighted by Gasteiger charge is -2.34. The number of hydrogen-bond acceptors (Lipinski definition) is 7. The van der Waals surface area contributed by atoms with Gasteiger partial charge in [0.05, 0.1) is 19.4 Å².